The molecule has 102 valence electrons. The van der Waals surface area contributed by atoms with Crippen LogP contribution in [0.4, 0.5) is 11.5 Å². The lowest BCUT2D eigenvalue weighted by Gasteiger charge is -2.09. The normalized spacial score (nSPS) is 10.3. The van der Waals surface area contributed by atoms with E-state index in [1.807, 2.05) is 13.0 Å². The molecule has 0 atom stereocenters. The van der Waals surface area contributed by atoms with Crippen LogP contribution < -0.4 is 15.8 Å². The Hall–Kier alpha value is -1.53. The van der Waals surface area contributed by atoms with Crippen LogP contribution in [0.15, 0.2) is 12.1 Å². The van der Waals surface area contributed by atoms with Gasteiger partial charge in [-0.2, -0.15) is 4.98 Å². The number of pyridine rings is 1. The van der Waals surface area contributed by atoms with Crippen LogP contribution in [-0.4, -0.2) is 43.1 Å². The molecule has 4 N–H and O–H groups in total. The second-order valence-electron chi connectivity index (χ2n) is 3.64. The first-order chi connectivity index (χ1) is 8.77. The van der Waals surface area contributed by atoms with Gasteiger partial charge in [0.15, 0.2) is 0 Å². The number of hydrogen-bond donors (Lipinski definition) is 3. The van der Waals surface area contributed by atoms with E-state index in [1.54, 1.807) is 6.07 Å². The molecule has 1 heterocycles. The maximum absolute atomic E-state index is 8.53. The average molecular weight is 255 g/mol. The van der Waals surface area contributed by atoms with Gasteiger partial charge in [-0.05, 0) is 25.5 Å². The molecule has 0 aliphatic carbocycles. The summed E-state index contributed by atoms with van der Waals surface area (Å²) in [6.07, 6.45) is 0.843. The zero-order chi connectivity index (χ0) is 13.2. The molecule has 1 rings (SSSR count). The number of nitrogens with zero attached hydrogens (tertiary/aromatic N) is 1. The Balaban J connectivity index is 2.31. The molecule has 6 nitrogen and oxygen atoms in total. The largest absolute Gasteiger partial charge is 0.476 e. The molecule has 0 aromatic carbocycles. The molecule has 0 radical (unpaired) electrons. The number of aliphatic hydroxyl groups excluding tert-OH is 1. The number of hydrogen-bond acceptors (Lipinski definition) is 6. The number of ether oxygens (including phenoxy) is 2. The van der Waals surface area contributed by atoms with Crippen LogP contribution in [0.1, 0.15) is 13.3 Å². The molecule has 0 fully saturated rings. The Bertz CT molecular complexity index is 347. The highest BCUT2D eigenvalue weighted by atomic mass is 16.5. The fourth-order valence-corrected chi connectivity index (χ4v) is 1.36. The summed E-state index contributed by atoms with van der Waals surface area (Å²) < 4.78 is 10.5. The van der Waals surface area contributed by atoms with Gasteiger partial charge in [-0.15, -0.1) is 0 Å². The van der Waals surface area contributed by atoms with Crippen LogP contribution in [0.5, 0.6) is 5.88 Å². The second kappa shape index (κ2) is 8.54. The van der Waals surface area contributed by atoms with E-state index in [0.717, 1.165) is 18.8 Å². The van der Waals surface area contributed by atoms with Crippen molar-refractivity contribution in [2.75, 3.05) is 44.0 Å². The fourth-order valence-electron chi connectivity index (χ4n) is 1.36. The zero-order valence-electron chi connectivity index (χ0n) is 10.7. The molecule has 6 heteroatoms. The minimum Gasteiger partial charge on any atom is -0.476 e. The molecule has 1 aromatic heterocycles. The number of nitrogen functional groups attached to an aromatic ring is 1. The third-order valence-corrected chi connectivity index (χ3v) is 2.18. The third kappa shape index (κ3) is 5.20. The molecular weight excluding hydrogens is 234 g/mol. The number of aliphatic hydroxyl groups is 1. The van der Waals surface area contributed by atoms with Gasteiger partial charge in [-0.1, -0.05) is 0 Å². The summed E-state index contributed by atoms with van der Waals surface area (Å²) in [5, 5.41) is 11.7. The Morgan fingerprint density at radius 1 is 1.39 bits per heavy atom. The van der Waals surface area contributed by atoms with Crippen molar-refractivity contribution in [1.82, 2.24) is 4.98 Å². The van der Waals surface area contributed by atoms with E-state index in [-0.39, 0.29) is 6.61 Å². The average Bonchev–Trinajstić information content (AvgIpc) is 2.37. The fraction of sp³-hybridized carbons (Fsp3) is 0.583. The Kier molecular flexibility index (Phi) is 6.90. The van der Waals surface area contributed by atoms with Gasteiger partial charge in [0, 0.05) is 13.2 Å². The van der Waals surface area contributed by atoms with Crippen molar-refractivity contribution >= 4 is 11.5 Å². The molecule has 0 saturated carbocycles. The van der Waals surface area contributed by atoms with E-state index in [2.05, 4.69) is 10.3 Å². The summed E-state index contributed by atoms with van der Waals surface area (Å²) in [6.45, 7) is 4.23. The summed E-state index contributed by atoms with van der Waals surface area (Å²) in [4.78, 5) is 4.26. The third-order valence-electron chi connectivity index (χ3n) is 2.18. The van der Waals surface area contributed by atoms with Gasteiger partial charge in [0.05, 0.1) is 25.5 Å². The SMILES string of the molecule is CCOc1nc(NCCCOCCO)ccc1N. The van der Waals surface area contributed by atoms with Crippen LogP contribution in [0.3, 0.4) is 0 Å². The molecule has 0 unspecified atom stereocenters. The summed E-state index contributed by atoms with van der Waals surface area (Å²) in [7, 11) is 0. The first kappa shape index (κ1) is 14.5. The Morgan fingerprint density at radius 2 is 2.22 bits per heavy atom. The number of anilines is 2. The molecule has 0 spiro atoms. The van der Waals surface area contributed by atoms with Gasteiger partial charge in [0.2, 0.25) is 5.88 Å². The predicted octanol–water partition coefficient (Wildman–Crippen LogP) is 0.873. The molecule has 18 heavy (non-hydrogen) atoms. The standard InChI is InChI=1S/C12H21N3O3/c1-2-18-12-10(13)4-5-11(15-12)14-6-3-8-17-9-7-16/h4-5,16H,2-3,6-9,13H2,1H3,(H,14,15). The smallest absolute Gasteiger partial charge is 0.239 e. The van der Waals surface area contributed by atoms with E-state index in [1.165, 1.54) is 0 Å². The van der Waals surface area contributed by atoms with Gasteiger partial charge in [-0.3, -0.25) is 0 Å². The van der Waals surface area contributed by atoms with Crippen molar-refractivity contribution in [3.63, 3.8) is 0 Å². The zero-order valence-corrected chi connectivity index (χ0v) is 10.7. The highest BCUT2D eigenvalue weighted by molar-refractivity contribution is 5.53. The lowest BCUT2D eigenvalue weighted by Crippen LogP contribution is -2.09. The molecule has 0 bridgehead atoms. The Labute approximate surface area is 107 Å². The number of nitrogens with two attached hydrogens (primary N) is 1. The summed E-state index contributed by atoms with van der Waals surface area (Å²) in [5.41, 5.74) is 6.26. The minimum atomic E-state index is 0.0602. The second-order valence-corrected chi connectivity index (χ2v) is 3.64. The predicted molar refractivity (Wildman–Crippen MR) is 70.8 cm³/mol. The molecule has 0 saturated heterocycles. The number of nitrogens with one attached hydrogen (secondary N) is 1. The minimum absolute atomic E-state index is 0.0602. The van der Waals surface area contributed by atoms with Gasteiger partial charge in [0.25, 0.3) is 0 Å². The highest BCUT2D eigenvalue weighted by Crippen LogP contribution is 2.20. The molecule has 1 aromatic rings. The maximum atomic E-state index is 8.53. The van der Waals surface area contributed by atoms with E-state index in [9.17, 15) is 0 Å². The van der Waals surface area contributed by atoms with Gasteiger partial charge >= 0.3 is 0 Å². The van der Waals surface area contributed by atoms with Crippen molar-refractivity contribution in [2.24, 2.45) is 0 Å². The van der Waals surface area contributed by atoms with Gasteiger partial charge in [0.1, 0.15) is 5.82 Å². The van der Waals surface area contributed by atoms with E-state index in [0.29, 0.717) is 31.4 Å². The van der Waals surface area contributed by atoms with Crippen LogP contribution >= 0.6 is 0 Å². The van der Waals surface area contributed by atoms with Crippen molar-refractivity contribution < 1.29 is 14.6 Å². The van der Waals surface area contributed by atoms with E-state index in [4.69, 9.17) is 20.3 Å². The molecule has 0 aliphatic rings. The quantitative estimate of drug-likeness (QED) is 0.567. The van der Waals surface area contributed by atoms with E-state index < -0.39 is 0 Å². The number of aromatic nitrogens is 1. The van der Waals surface area contributed by atoms with Gasteiger partial charge in [-0.25, -0.2) is 0 Å². The van der Waals surface area contributed by atoms with Crippen LogP contribution in [0, 0.1) is 0 Å². The highest BCUT2D eigenvalue weighted by Gasteiger charge is 2.03. The first-order valence-corrected chi connectivity index (χ1v) is 6.09. The summed E-state index contributed by atoms with van der Waals surface area (Å²) in [6, 6.07) is 3.58. The van der Waals surface area contributed by atoms with Crippen LogP contribution in [-0.2, 0) is 4.74 Å². The topological polar surface area (TPSA) is 89.6 Å². The van der Waals surface area contributed by atoms with Crippen molar-refractivity contribution in [1.29, 1.82) is 0 Å². The monoisotopic (exact) mass is 255 g/mol. The summed E-state index contributed by atoms with van der Waals surface area (Å²) >= 11 is 0. The van der Waals surface area contributed by atoms with Crippen molar-refractivity contribution in [3.8, 4) is 5.88 Å². The lowest BCUT2D eigenvalue weighted by atomic mass is 10.4. The maximum Gasteiger partial charge on any atom is 0.239 e. The molecule has 0 aliphatic heterocycles. The van der Waals surface area contributed by atoms with Crippen molar-refractivity contribution in [3.05, 3.63) is 12.1 Å². The lowest BCUT2D eigenvalue weighted by molar-refractivity contribution is 0.0922. The van der Waals surface area contributed by atoms with E-state index >= 15 is 0 Å². The number of rotatable bonds is 9. The summed E-state index contributed by atoms with van der Waals surface area (Å²) in [5.74, 6) is 1.19. The Morgan fingerprint density at radius 3 is 2.94 bits per heavy atom. The van der Waals surface area contributed by atoms with Crippen molar-refractivity contribution in [2.45, 2.75) is 13.3 Å². The van der Waals surface area contributed by atoms with Crippen LogP contribution in [0.2, 0.25) is 0 Å². The van der Waals surface area contributed by atoms with Gasteiger partial charge < -0.3 is 25.6 Å². The molecule has 0 amide bonds. The first-order valence-electron chi connectivity index (χ1n) is 6.09. The molecular formula is C12H21N3O3. The van der Waals surface area contributed by atoms with Crippen LogP contribution in [0.25, 0.3) is 0 Å².